The Bertz CT molecular complexity index is 3900. The van der Waals surface area contributed by atoms with Crippen LogP contribution in [0.1, 0.15) is 52.7 Å². The second-order valence-electron chi connectivity index (χ2n) is 23.3. The first-order valence-electron chi connectivity index (χ1n) is 27.0. The molecule has 0 saturated heterocycles. The summed E-state index contributed by atoms with van der Waals surface area (Å²) in [6.45, 7) is 14.0. The normalized spacial score (nSPS) is 14.0. The number of hydrogen-bond donors (Lipinski definition) is 0. The van der Waals surface area contributed by atoms with E-state index in [2.05, 4.69) is 292 Å². The molecule has 0 bridgehead atoms. The van der Waals surface area contributed by atoms with Crippen molar-refractivity contribution in [2.45, 2.75) is 52.4 Å². The minimum absolute atomic E-state index is 0.0892. The van der Waals surface area contributed by atoms with Gasteiger partial charge in [-0.1, -0.05) is 193 Å². The Hall–Kier alpha value is -8.73. The first-order valence-corrected chi connectivity index (χ1v) is 27.0. The Labute approximate surface area is 447 Å². The molecule has 4 aliphatic heterocycles. The van der Waals surface area contributed by atoms with E-state index in [1.165, 1.54) is 111 Å². The summed E-state index contributed by atoms with van der Waals surface area (Å²) >= 11 is 0. The van der Waals surface area contributed by atoms with Gasteiger partial charge in [-0.2, -0.15) is 0 Å². The standard InChI is InChI=1S/C70H56B2N4/c1-69(2,3)47-39-61-65-63(41-47)75(51-29-15-9-16-30-51)67-53-33-21-19-23-45(53)35-37-55(67)71(65)57-43-58-60(44-59(57)73(61)49-25-11-7-12-26-49)74(50-27-13-8-14-28-50)62-40-48(70(4,5)6)42-64-66(62)72(58)56-38-36-46-24-20-22-34-54(46)68(56)76(64)52-31-17-10-18-32-52/h7-44H,1-6H3. The molecule has 362 valence electrons. The van der Waals surface area contributed by atoms with Crippen LogP contribution in [0, 0.1) is 0 Å². The number of nitrogens with zero attached hydrogens (tertiary/aromatic N) is 4. The van der Waals surface area contributed by atoms with Crippen molar-refractivity contribution in [2.75, 3.05) is 19.6 Å². The van der Waals surface area contributed by atoms with E-state index in [1.54, 1.807) is 0 Å². The van der Waals surface area contributed by atoms with Crippen molar-refractivity contribution in [3.05, 3.63) is 242 Å². The fourth-order valence-electron chi connectivity index (χ4n) is 13.3. The number of fused-ring (bicyclic) bond motifs is 12. The topological polar surface area (TPSA) is 13.0 Å². The maximum absolute atomic E-state index is 2.66. The Balaban J connectivity index is 1.11. The van der Waals surface area contributed by atoms with Crippen LogP contribution < -0.4 is 52.4 Å². The SMILES string of the molecule is CC(C)(C)c1cc2c3c(c1)N(c1ccccc1)c1c(ccc4ccccc14)B3c1cc3c(cc1N2c1ccccc1)N(c1ccccc1)c1cc(C(C)(C)C)cc2c1B3c1ccc3ccccc3c1N2c1ccccc1. The molecule has 11 aromatic carbocycles. The molecule has 15 rings (SSSR count). The Morgan fingerprint density at radius 1 is 0.276 bits per heavy atom. The van der Waals surface area contributed by atoms with Crippen LogP contribution in [0.15, 0.2) is 231 Å². The van der Waals surface area contributed by atoms with Crippen molar-refractivity contribution in [2.24, 2.45) is 0 Å². The Kier molecular flexibility index (Phi) is 9.64. The van der Waals surface area contributed by atoms with Gasteiger partial charge in [0.25, 0.3) is 13.4 Å². The average Bonchev–Trinajstić information content (AvgIpc) is 3.50. The van der Waals surface area contributed by atoms with Gasteiger partial charge >= 0.3 is 0 Å². The van der Waals surface area contributed by atoms with Crippen molar-refractivity contribution >= 4 is 136 Å². The van der Waals surface area contributed by atoms with Crippen LogP contribution in [-0.2, 0) is 10.8 Å². The zero-order chi connectivity index (χ0) is 51.2. The van der Waals surface area contributed by atoms with Crippen molar-refractivity contribution in [3.63, 3.8) is 0 Å². The van der Waals surface area contributed by atoms with Gasteiger partial charge in [-0.3, -0.25) is 0 Å². The third kappa shape index (κ3) is 6.53. The molecule has 4 heterocycles. The summed E-state index contributed by atoms with van der Waals surface area (Å²) in [5, 5.41) is 4.97. The van der Waals surface area contributed by atoms with Crippen molar-refractivity contribution in [1.82, 2.24) is 0 Å². The fraction of sp³-hybridized carbons (Fsp3) is 0.114. The van der Waals surface area contributed by atoms with Gasteiger partial charge in [-0.15, -0.1) is 0 Å². The van der Waals surface area contributed by atoms with E-state index >= 15 is 0 Å². The minimum atomic E-state index is -0.149. The van der Waals surface area contributed by atoms with E-state index < -0.39 is 0 Å². The van der Waals surface area contributed by atoms with Crippen LogP contribution in [0.5, 0.6) is 0 Å². The predicted molar refractivity (Wildman–Crippen MR) is 327 cm³/mol. The predicted octanol–water partition coefficient (Wildman–Crippen LogP) is 14.8. The van der Waals surface area contributed by atoms with E-state index in [0.29, 0.717) is 0 Å². The molecule has 4 aliphatic rings. The van der Waals surface area contributed by atoms with E-state index in [-0.39, 0.29) is 24.3 Å². The summed E-state index contributed by atoms with van der Waals surface area (Å²) in [5.41, 5.74) is 24.6. The highest BCUT2D eigenvalue weighted by Gasteiger charge is 2.49. The molecule has 0 aliphatic carbocycles. The van der Waals surface area contributed by atoms with Gasteiger partial charge in [-0.05, 0) is 144 Å². The summed E-state index contributed by atoms with van der Waals surface area (Å²) in [6, 6.07) is 87.3. The lowest BCUT2D eigenvalue weighted by atomic mass is 9.30. The summed E-state index contributed by atoms with van der Waals surface area (Å²) in [5.74, 6) is 0. The molecular weight excluding hydrogens is 918 g/mol. The van der Waals surface area contributed by atoms with Gasteiger partial charge in [0.15, 0.2) is 0 Å². The maximum atomic E-state index is 2.66. The number of benzene rings is 11. The molecule has 0 fully saturated rings. The summed E-state index contributed by atoms with van der Waals surface area (Å²) in [4.78, 5) is 10.4. The third-order valence-corrected chi connectivity index (χ3v) is 16.8. The monoisotopic (exact) mass is 974 g/mol. The molecule has 0 aromatic heterocycles. The highest BCUT2D eigenvalue weighted by atomic mass is 15.2. The average molecular weight is 975 g/mol. The largest absolute Gasteiger partial charge is 0.311 e. The van der Waals surface area contributed by atoms with Crippen LogP contribution in [0.3, 0.4) is 0 Å². The second kappa shape index (κ2) is 16.4. The van der Waals surface area contributed by atoms with Gasteiger partial charge in [0.2, 0.25) is 0 Å². The van der Waals surface area contributed by atoms with Gasteiger partial charge < -0.3 is 19.6 Å². The lowest BCUT2D eigenvalue weighted by molar-refractivity contribution is 0.590. The molecule has 76 heavy (non-hydrogen) atoms. The lowest BCUT2D eigenvalue weighted by Gasteiger charge is -2.48. The van der Waals surface area contributed by atoms with Crippen molar-refractivity contribution in [3.8, 4) is 0 Å². The fourth-order valence-corrected chi connectivity index (χ4v) is 13.3. The van der Waals surface area contributed by atoms with Gasteiger partial charge in [0.1, 0.15) is 0 Å². The molecule has 0 radical (unpaired) electrons. The molecular formula is C70H56B2N4. The van der Waals surface area contributed by atoms with Gasteiger partial charge in [0, 0.05) is 79.0 Å². The summed E-state index contributed by atoms with van der Waals surface area (Å²) in [6.07, 6.45) is 0. The Morgan fingerprint density at radius 3 is 0.947 bits per heavy atom. The lowest BCUT2D eigenvalue weighted by Crippen LogP contribution is -2.65. The molecule has 11 aromatic rings. The van der Waals surface area contributed by atoms with E-state index in [1.807, 2.05) is 0 Å². The summed E-state index contributed by atoms with van der Waals surface area (Å²) < 4.78 is 0. The van der Waals surface area contributed by atoms with E-state index in [0.717, 1.165) is 22.7 Å². The molecule has 0 unspecified atom stereocenters. The Morgan fingerprint density at radius 2 is 0.592 bits per heavy atom. The van der Waals surface area contributed by atoms with Crippen LogP contribution in [0.25, 0.3) is 21.5 Å². The van der Waals surface area contributed by atoms with Crippen LogP contribution in [-0.4, -0.2) is 13.4 Å². The highest BCUT2D eigenvalue weighted by molar-refractivity contribution is 7.03. The first kappa shape index (κ1) is 44.7. The molecule has 0 spiro atoms. The number of rotatable bonds is 4. The molecule has 0 saturated carbocycles. The van der Waals surface area contributed by atoms with Crippen molar-refractivity contribution in [1.29, 1.82) is 0 Å². The highest BCUT2D eigenvalue weighted by Crippen LogP contribution is 2.51. The summed E-state index contributed by atoms with van der Waals surface area (Å²) in [7, 11) is 0. The van der Waals surface area contributed by atoms with Gasteiger partial charge in [-0.25, -0.2) is 0 Å². The smallest absolute Gasteiger partial charge is 0.252 e. The first-order chi connectivity index (χ1) is 37.0. The molecule has 0 N–H and O–H groups in total. The number of hydrogen-bond acceptors (Lipinski definition) is 4. The maximum Gasteiger partial charge on any atom is 0.252 e. The molecule has 0 atom stereocenters. The van der Waals surface area contributed by atoms with E-state index in [9.17, 15) is 0 Å². The molecule has 6 heteroatoms. The van der Waals surface area contributed by atoms with Crippen molar-refractivity contribution < 1.29 is 0 Å². The number of para-hydroxylation sites is 4. The van der Waals surface area contributed by atoms with Gasteiger partial charge in [0.05, 0.1) is 0 Å². The second-order valence-corrected chi connectivity index (χ2v) is 23.3. The third-order valence-electron chi connectivity index (χ3n) is 16.8. The van der Waals surface area contributed by atoms with E-state index in [4.69, 9.17) is 0 Å². The molecule has 4 nitrogen and oxygen atoms in total. The molecule has 0 amide bonds. The zero-order valence-electron chi connectivity index (χ0n) is 43.9. The van der Waals surface area contributed by atoms with Crippen LogP contribution in [0.2, 0.25) is 0 Å². The van der Waals surface area contributed by atoms with Crippen LogP contribution in [0.4, 0.5) is 68.2 Å². The van der Waals surface area contributed by atoms with Crippen LogP contribution >= 0.6 is 0 Å². The zero-order valence-corrected chi connectivity index (χ0v) is 43.9. The number of anilines is 12. The minimum Gasteiger partial charge on any atom is -0.311 e. The quantitative estimate of drug-likeness (QED) is 0.163.